The van der Waals surface area contributed by atoms with Gasteiger partial charge in [-0.25, -0.2) is 9.97 Å². The molecule has 4 rings (SSSR count). The van der Waals surface area contributed by atoms with E-state index in [0.29, 0.717) is 11.5 Å². The van der Waals surface area contributed by atoms with E-state index in [0.717, 1.165) is 49.5 Å². The van der Waals surface area contributed by atoms with Gasteiger partial charge in [-0.05, 0) is 11.6 Å². The van der Waals surface area contributed by atoms with E-state index in [2.05, 4.69) is 43.3 Å². The van der Waals surface area contributed by atoms with Crippen LogP contribution in [-0.4, -0.2) is 51.4 Å². The first-order valence-electron chi connectivity index (χ1n) is 7.65. The number of nitrogens with two attached hydrogens (primary N) is 1. The summed E-state index contributed by atoms with van der Waals surface area (Å²) in [6, 6.07) is 8.40. The molecule has 1 aliphatic rings. The molecule has 23 heavy (non-hydrogen) atoms. The van der Waals surface area contributed by atoms with Gasteiger partial charge >= 0.3 is 0 Å². The number of aromatic nitrogens is 4. The molecule has 7 heteroatoms. The van der Waals surface area contributed by atoms with Gasteiger partial charge in [0.05, 0.1) is 24.3 Å². The monoisotopic (exact) mass is 310 g/mol. The molecule has 7 nitrogen and oxygen atoms in total. The fraction of sp³-hybridized carbons (Fsp3) is 0.312. The highest BCUT2D eigenvalue weighted by molar-refractivity contribution is 5.97. The van der Waals surface area contributed by atoms with Crippen molar-refractivity contribution in [2.75, 3.05) is 32.0 Å². The number of H-pyrrole nitrogens is 1. The molecule has 3 N–H and O–H groups in total. The van der Waals surface area contributed by atoms with Gasteiger partial charge in [0, 0.05) is 25.2 Å². The van der Waals surface area contributed by atoms with E-state index in [4.69, 9.17) is 10.5 Å². The van der Waals surface area contributed by atoms with Crippen LogP contribution >= 0.6 is 0 Å². The van der Waals surface area contributed by atoms with Crippen LogP contribution in [0.2, 0.25) is 0 Å². The summed E-state index contributed by atoms with van der Waals surface area (Å²) in [6.45, 7) is 4.46. The van der Waals surface area contributed by atoms with Crippen LogP contribution in [-0.2, 0) is 11.3 Å². The molecule has 118 valence electrons. The number of aromatic amines is 1. The van der Waals surface area contributed by atoms with Crippen molar-refractivity contribution in [3.05, 3.63) is 36.2 Å². The zero-order chi connectivity index (χ0) is 15.6. The molecule has 0 atom stereocenters. The van der Waals surface area contributed by atoms with Crippen LogP contribution in [0.5, 0.6) is 0 Å². The number of benzene rings is 1. The van der Waals surface area contributed by atoms with Gasteiger partial charge in [0.2, 0.25) is 0 Å². The number of nitrogen functional groups attached to an aromatic ring is 1. The van der Waals surface area contributed by atoms with E-state index in [-0.39, 0.29) is 0 Å². The summed E-state index contributed by atoms with van der Waals surface area (Å²) in [5, 5.41) is 8.03. The number of ether oxygens (including phenoxy) is 1. The van der Waals surface area contributed by atoms with Crippen LogP contribution in [0.4, 0.5) is 5.82 Å². The van der Waals surface area contributed by atoms with Crippen LogP contribution in [0.3, 0.4) is 0 Å². The molecule has 1 aromatic carbocycles. The van der Waals surface area contributed by atoms with E-state index in [1.165, 1.54) is 11.9 Å². The van der Waals surface area contributed by atoms with E-state index < -0.39 is 0 Å². The number of fused-ring (bicyclic) bond motifs is 1. The number of rotatable bonds is 3. The van der Waals surface area contributed by atoms with Gasteiger partial charge in [-0.2, -0.15) is 5.10 Å². The average Bonchev–Trinajstić information content (AvgIpc) is 3.02. The second kappa shape index (κ2) is 5.94. The summed E-state index contributed by atoms with van der Waals surface area (Å²) in [5.41, 5.74) is 9.74. The van der Waals surface area contributed by atoms with Crippen LogP contribution in [0.25, 0.3) is 22.3 Å². The van der Waals surface area contributed by atoms with Crippen molar-refractivity contribution in [3.63, 3.8) is 0 Å². The van der Waals surface area contributed by atoms with E-state index in [1.54, 1.807) is 0 Å². The maximum Gasteiger partial charge on any atom is 0.186 e. The van der Waals surface area contributed by atoms with Crippen molar-refractivity contribution in [2.24, 2.45) is 0 Å². The minimum Gasteiger partial charge on any atom is -0.383 e. The molecule has 2 aromatic heterocycles. The lowest BCUT2D eigenvalue weighted by Gasteiger charge is -2.26. The lowest BCUT2D eigenvalue weighted by Crippen LogP contribution is -2.35. The van der Waals surface area contributed by atoms with Gasteiger partial charge in [0.15, 0.2) is 5.65 Å². The van der Waals surface area contributed by atoms with E-state index in [1.807, 2.05) is 6.07 Å². The number of nitrogens with zero attached hydrogens (tertiary/aromatic N) is 4. The second-order valence-corrected chi connectivity index (χ2v) is 5.65. The first kappa shape index (κ1) is 14.1. The zero-order valence-electron chi connectivity index (χ0n) is 12.7. The van der Waals surface area contributed by atoms with Crippen molar-refractivity contribution in [1.29, 1.82) is 0 Å². The summed E-state index contributed by atoms with van der Waals surface area (Å²) in [7, 11) is 0. The van der Waals surface area contributed by atoms with Crippen molar-refractivity contribution in [3.8, 4) is 11.3 Å². The third kappa shape index (κ3) is 2.76. The maximum absolute atomic E-state index is 5.99. The molecule has 0 spiro atoms. The number of hydrogen-bond donors (Lipinski definition) is 2. The first-order valence-corrected chi connectivity index (χ1v) is 7.65. The number of nitrogens with one attached hydrogen (secondary N) is 1. The van der Waals surface area contributed by atoms with Gasteiger partial charge in [-0.15, -0.1) is 0 Å². The van der Waals surface area contributed by atoms with Gasteiger partial charge < -0.3 is 10.5 Å². The lowest BCUT2D eigenvalue weighted by molar-refractivity contribution is 0.0342. The van der Waals surface area contributed by atoms with Crippen molar-refractivity contribution in [1.82, 2.24) is 25.1 Å². The number of hydrogen-bond acceptors (Lipinski definition) is 6. The third-order valence-corrected chi connectivity index (χ3v) is 4.11. The van der Waals surface area contributed by atoms with Gasteiger partial charge in [-0.3, -0.25) is 10.00 Å². The minimum atomic E-state index is 0.442. The zero-order valence-corrected chi connectivity index (χ0v) is 12.7. The standard InChI is InChI=1S/C16H18N6O/c17-15-13-14(20-21-16(13)19-10-18-15)12-3-1-2-11(8-12)9-22-4-6-23-7-5-22/h1-3,8,10H,4-7,9H2,(H3,17,18,19,20,21). The summed E-state index contributed by atoms with van der Waals surface area (Å²) in [4.78, 5) is 10.6. The summed E-state index contributed by atoms with van der Waals surface area (Å²) in [6.07, 6.45) is 1.43. The van der Waals surface area contributed by atoms with Crippen molar-refractivity contribution < 1.29 is 4.74 Å². The Bertz CT molecular complexity index is 824. The molecule has 1 aliphatic heterocycles. The summed E-state index contributed by atoms with van der Waals surface area (Å²) >= 11 is 0. The summed E-state index contributed by atoms with van der Waals surface area (Å²) in [5.74, 6) is 0.442. The lowest BCUT2D eigenvalue weighted by atomic mass is 10.1. The topological polar surface area (TPSA) is 92.9 Å². The number of anilines is 1. The molecule has 0 bridgehead atoms. The minimum absolute atomic E-state index is 0.442. The molecule has 0 radical (unpaired) electrons. The molecule has 0 saturated carbocycles. The smallest absolute Gasteiger partial charge is 0.186 e. The predicted octanol–water partition coefficient (Wildman–Crippen LogP) is 1.43. The predicted molar refractivity (Wildman–Crippen MR) is 87.6 cm³/mol. The highest BCUT2D eigenvalue weighted by Crippen LogP contribution is 2.28. The van der Waals surface area contributed by atoms with E-state index >= 15 is 0 Å². The molecule has 1 fully saturated rings. The highest BCUT2D eigenvalue weighted by Gasteiger charge is 2.14. The molecular formula is C16H18N6O. The Morgan fingerprint density at radius 3 is 2.96 bits per heavy atom. The third-order valence-electron chi connectivity index (χ3n) is 4.11. The Kier molecular flexibility index (Phi) is 3.64. The quantitative estimate of drug-likeness (QED) is 0.760. The van der Waals surface area contributed by atoms with Crippen LogP contribution < -0.4 is 5.73 Å². The van der Waals surface area contributed by atoms with Crippen molar-refractivity contribution in [2.45, 2.75) is 6.54 Å². The van der Waals surface area contributed by atoms with Crippen LogP contribution in [0.15, 0.2) is 30.6 Å². The van der Waals surface area contributed by atoms with Crippen LogP contribution in [0, 0.1) is 0 Å². The van der Waals surface area contributed by atoms with Gasteiger partial charge in [-0.1, -0.05) is 18.2 Å². The molecule has 1 saturated heterocycles. The molecule has 0 amide bonds. The fourth-order valence-electron chi connectivity index (χ4n) is 2.93. The Morgan fingerprint density at radius 1 is 1.22 bits per heavy atom. The van der Waals surface area contributed by atoms with Gasteiger partial charge in [0.25, 0.3) is 0 Å². The van der Waals surface area contributed by atoms with Gasteiger partial charge in [0.1, 0.15) is 12.1 Å². The second-order valence-electron chi connectivity index (χ2n) is 5.65. The Labute approximate surface area is 133 Å². The Hall–Kier alpha value is -2.51. The van der Waals surface area contributed by atoms with Crippen LogP contribution in [0.1, 0.15) is 5.56 Å². The first-order chi connectivity index (χ1) is 11.3. The molecule has 0 unspecified atom stereocenters. The maximum atomic E-state index is 5.99. The number of morpholine rings is 1. The largest absolute Gasteiger partial charge is 0.383 e. The fourth-order valence-corrected chi connectivity index (χ4v) is 2.93. The Balaban J connectivity index is 1.67. The van der Waals surface area contributed by atoms with E-state index in [9.17, 15) is 0 Å². The SMILES string of the molecule is Nc1ncnc2n[nH]c(-c3cccc(CN4CCOCC4)c3)c12. The summed E-state index contributed by atoms with van der Waals surface area (Å²) < 4.78 is 5.40. The molecular weight excluding hydrogens is 292 g/mol. The normalized spacial score (nSPS) is 16.0. The van der Waals surface area contributed by atoms with Crippen molar-refractivity contribution >= 4 is 16.9 Å². The Morgan fingerprint density at radius 2 is 2.09 bits per heavy atom. The molecule has 0 aliphatic carbocycles. The highest BCUT2D eigenvalue weighted by atomic mass is 16.5. The average molecular weight is 310 g/mol. The molecule has 3 aromatic rings. The molecule has 3 heterocycles.